The molecular formula is C29H29NO7. The van der Waals surface area contributed by atoms with Crippen molar-refractivity contribution in [1.29, 1.82) is 0 Å². The van der Waals surface area contributed by atoms with Gasteiger partial charge in [-0.2, -0.15) is 0 Å². The van der Waals surface area contributed by atoms with Crippen LogP contribution in [0, 0.1) is 0 Å². The van der Waals surface area contributed by atoms with Gasteiger partial charge in [-0.3, -0.25) is 9.59 Å². The van der Waals surface area contributed by atoms with Crippen LogP contribution in [0.4, 0.5) is 0 Å². The van der Waals surface area contributed by atoms with Crippen molar-refractivity contribution in [3.05, 3.63) is 95.1 Å². The van der Waals surface area contributed by atoms with Crippen molar-refractivity contribution in [3.63, 3.8) is 0 Å². The Morgan fingerprint density at radius 3 is 2.24 bits per heavy atom. The van der Waals surface area contributed by atoms with Crippen molar-refractivity contribution >= 4 is 17.4 Å². The minimum absolute atomic E-state index is 0.00808. The highest BCUT2D eigenvalue weighted by molar-refractivity contribution is 6.46. The molecule has 1 unspecified atom stereocenters. The van der Waals surface area contributed by atoms with E-state index in [0.717, 1.165) is 5.56 Å². The normalized spacial score (nSPS) is 16.6. The second kappa shape index (κ2) is 11.6. The van der Waals surface area contributed by atoms with E-state index in [9.17, 15) is 14.7 Å². The highest BCUT2D eigenvalue weighted by Gasteiger charge is 2.46. The first-order valence-electron chi connectivity index (χ1n) is 11.7. The van der Waals surface area contributed by atoms with Gasteiger partial charge in [0.15, 0.2) is 11.5 Å². The highest BCUT2D eigenvalue weighted by Crippen LogP contribution is 2.42. The zero-order chi connectivity index (χ0) is 26.4. The van der Waals surface area contributed by atoms with Gasteiger partial charge in [-0.1, -0.05) is 36.4 Å². The first-order valence-corrected chi connectivity index (χ1v) is 11.7. The molecule has 8 heteroatoms. The Morgan fingerprint density at radius 2 is 1.59 bits per heavy atom. The summed E-state index contributed by atoms with van der Waals surface area (Å²) in [5, 5.41) is 11.3. The molecule has 1 amide bonds. The summed E-state index contributed by atoms with van der Waals surface area (Å²) in [6.45, 7) is 0.795. The van der Waals surface area contributed by atoms with Crippen LogP contribution in [0.3, 0.4) is 0 Å². The van der Waals surface area contributed by atoms with Crippen LogP contribution in [0.2, 0.25) is 0 Å². The number of ketones is 1. The van der Waals surface area contributed by atoms with Gasteiger partial charge in [-0.05, 0) is 47.5 Å². The van der Waals surface area contributed by atoms with Crippen LogP contribution in [-0.4, -0.2) is 56.2 Å². The smallest absolute Gasteiger partial charge is 0.295 e. The maximum Gasteiger partial charge on any atom is 0.295 e. The van der Waals surface area contributed by atoms with Gasteiger partial charge >= 0.3 is 0 Å². The third-order valence-corrected chi connectivity index (χ3v) is 6.18. The fourth-order valence-electron chi connectivity index (χ4n) is 4.28. The molecule has 1 atom stereocenters. The van der Waals surface area contributed by atoms with Crippen LogP contribution in [0.25, 0.3) is 5.76 Å². The highest BCUT2D eigenvalue weighted by atomic mass is 16.5. The molecule has 3 aromatic rings. The molecule has 0 spiro atoms. The van der Waals surface area contributed by atoms with Crippen molar-refractivity contribution in [3.8, 4) is 17.2 Å². The number of aliphatic hydroxyl groups is 1. The second-order valence-electron chi connectivity index (χ2n) is 8.40. The van der Waals surface area contributed by atoms with Gasteiger partial charge in [-0.15, -0.1) is 0 Å². The van der Waals surface area contributed by atoms with Crippen LogP contribution in [0.15, 0.2) is 78.4 Å². The van der Waals surface area contributed by atoms with E-state index >= 15 is 0 Å². The summed E-state index contributed by atoms with van der Waals surface area (Å²) in [4.78, 5) is 27.5. The predicted molar refractivity (Wildman–Crippen MR) is 138 cm³/mol. The van der Waals surface area contributed by atoms with Gasteiger partial charge < -0.3 is 29.0 Å². The largest absolute Gasteiger partial charge is 0.507 e. The maximum atomic E-state index is 13.2. The molecular weight excluding hydrogens is 474 g/mol. The fraction of sp³-hybridized carbons (Fsp3) is 0.241. The van der Waals surface area contributed by atoms with Crippen molar-refractivity contribution < 1.29 is 33.6 Å². The number of rotatable bonds is 10. The zero-order valence-electron chi connectivity index (χ0n) is 21.0. The lowest BCUT2D eigenvalue weighted by Crippen LogP contribution is -2.32. The molecule has 0 radical (unpaired) electrons. The Kier molecular flexibility index (Phi) is 8.10. The summed E-state index contributed by atoms with van der Waals surface area (Å²) in [6.07, 6.45) is 0. The SMILES string of the molecule is COCCN1C(=O)C(=O)/C(=C(/O)c2ccc(OCc3ccccc3)cc2)C1c1ccc(OC)c(OC)c1. The lowest BCUT2D eigenvalue weighted by molar-refractivity contribution is -0.140. The van der Waals surface area contributed by atoms with Crippen LogP contribution in [0.1, 0.15) is 22.7 Å². The van der Waals surface area contributed by atoms with Crippen molar-refractivity contribution in [2.24, 2.45) is 0 Å². The molecule has 1 heterocycles. The van der Waals surface area contributed by atoms with E-state index in [2.05, 4.69) is 0 Å². The van der Waals surface area contributed by atoms with Crippen LogP contribution in [-0.2, 0) is 20.9 Å². The number of likely N-dealkylation sites (tertiary alicyclic amines) is 1. The summed E-state index contributed by atoms with van der Waals surface area (Å²) in [5.41, 5.74) is 2.01. The lowest BCUT2D eigenvalue weighted by atomic mass is 9.95. The first-order chi connectivity index (χ1) is 18.0. The molecule has 1 aliphatic heterocycles. The van der Waals surface area contributed by atoms with Gasteiger partial charge in [0.25, 0.3) is 11.7 Å². The number of Topliss-reactive ketones (excluding diaryl/α,β-unsaturated/α-hetero) is 1. The number of hydrogen-bond donors (Lipinski definition) is 1. The number of hydrogen-bond acceptors (Lipinski definition) is 7. The molecule has 0 aliphatic carbocycles. The zero-order valence-corrected chi connectivity index (χ0v) is 21.0. The van der Waals surface area contributed by atoms with Crippen molar-refractivity contribution in [2.45, 2.75) is 12.6 Å². The summed E-state index contributed by atoms with van der Waals surface area (Å²) < 4.78 is 21.7. The third-order valence-electron chi connectivity index (χ3n) is 6.18. The van der Waals surface area contributed by atoms with Crippen molar-refractivity contribution in [2.75, 3.05) is 34.5 Å². The van der Waals surface area contributed by atoms with E-state index < -0.39 is 17.7 Å². The van der Waals surface area contributed by atoms with Gasteiger partial charge in [0.2, 0.25) is 0 Å². The monoisotopic (exact) mass is 503 g/mol. The van der Waals surface area contributed by atoms with Gasteiger partial charge in [-0.25, -0.2) is 0 Å². The lowest BCUT2D eigenvalue weighted by Gasteiger charge is -2.25. The number of ether oxygens (including phenoxy) is 4. The Morgan fingerprint density at radius 1 is 0.892 bits per heavy atom. The molecule has 192 valence electrons. The minimum Gasteiger partial charge on any atom is -0.507 e. The van der Waals surface area contributed by atoms with E-state index in [-0.39, 0.29) is 24.5 Å². The van der Waals surface area contributed by atoms with E-state index in [1.54, 1.807) is 42.5 Å². The summed E-state index contributed by atoms with van der Waals surface area (Å²) in [5.74, 6) is -0.188. The Hall–Kier alpha value is -4.30. The molecule has 0 bridgehead atoms. The Labute approximate surface area is 215 Å². The minimum atomic E-state index is -0.830. The van der Waals surface area contributed by atoms with Gasteiger partial charge in [0.1, 0.15) is 18.1 Å². The molecule has 37 heavy (non-hydrogen) atoms. The molecule has 1 aliphatic rings. The standard InChI is InChI=1S/C29H29NO7/c1-34-16-15-30-26(21-11-14-23(35-2)24(17-21)36-3)25(28(32)29(30)33)27(31)20-9-12-22(13-10-20)37-18-19-7-5-4-6-8-19/h4-14,17,26,31H,15-16,18H2,1-3H3/b27-25+. The molecule has 1 saturated heterocycles. The quantitative estimate of drug-likeness (QED) is 0.250. The van der Waals surface area contributed by atoms with E-state index in [4.69, 9.17) is 18.9 Å². The average molecular weight is 504 g/mol. The first kappa shape index (κ1) is 25.8. The Balaban J connectivity index is 1.69. The van der Waals surface area contributed by atoms with Crippen LogP contribution >= 0.6 is 0 Å². The predicted octanol–water partition coefficient (Wildman–Crippen LogP) is 4.35. The molecule has 4 rings (SSSR count). The summed E-state index contributed by atoms with van der Waals surface area (Å²) in [6, 6.07) is 20.8. The van der Waals surface area contributed by atoms with E-state index in [0.29, 0.717) is 35.0 Å². The maximum absolute atomic E-state index is 13.2. The number of carbonyl (C=O) groups excluding carboxylic acids is 2. The van der Waals surface area contributed by atoms with E-state index in [1.807, 2.05) is 30.3 Å². The van der Waals surface area contributed by atoms with Gasteiger partial charge in [0, 0.05) is 19.2 Å². The fourth-order valence-corrected chi connectivity index (χ4v) is 4.28. The van der Waals surface area contributed by atoms with Gasteiger partial charge in [0.05, 0.1) is 32.4 Å². The number of aliphatic hydroxyl groups excluding tert-OH is 1. The molecule has 0 saturated carbocycles. The third kappa shape index (κ3) is 5.44. The topological polar surface area (TPSA) is 94.5 Å². The average Bonchev–Trinajstić information content (AvgIpc) is 3.19. The second-order valence-corrected chi connectivity index (χ2v) is 8.40. The number of nitrogens with zero attached hydrogens (tertiary/aromatic N) is 1. The number of amides is 1. The molecule has 3 aromatic carbocycles. The van der Waals surface area contributed by atoms with Crippen molar-refractivity contribution in [1.82, 2.24) is 4.90 Å². The molecule has 1 N–H and O–H groups in total. The molecule has 8 nitrogen and oxygen atoms in total. The number of methoxy groups -OCH3 is 3. The molecule has 0 aromatic heterocycles. The molecule has 1 fully saturated rings. The Bertz CT molecular complexity index is 1290. The van der Waals surface area contributed by atoms with Crippen LogP contribution < -0.4 is 14.2 Å². The number of carbonyl (C=O) groups is 2. The number of benzene rings is 3. The summed E-state index contributed by atoms with van der Waals surface area (Å²) >= 11 is 0. The van der Waals surface area contributed by atoms with E-state index in [1.165, 1.54) is 26.2 Å². The van der Waals surface area contributed by atoms with Crippen LogP contribution in [0.5, 0.6) is 17.2 Å². The summed E-state index contributed by atoms with van der Waals surface area (Å²) in [7, 11) is 4.55.